The summed E-state index contributed by atoms with van der Waals surface area (Å²) in [7, 11) is -17.8. The molecule has 166 valence electrons. The van der Waals surface area contributed by atoms with Crippen LogP contribution >= 0.6 is 23.5 Å². The molecular weight excluding hydrogens is 538 g/mol. The van der Waals surface area contributed by atoms with Crippen molar-refractivity contribution in [2.75, 3.05) is 6.61 Å². The summed E-state index contributed by atoms with van der Waals surface area (Å²) >= 11 is 0. The van der Waals surface area contributed by atoms with Gasteiger partial charge in [0.05, 0.1) is 14.4 Å². The zero-order valence-corrected chi connectivity index (χ0v) is 25.4. The van der Waals surface area contributed by atoms with Crippen LogP contribution in [0.25, 0.3) is 0 Å². The molecule has 0 aromatic carbocycles. The molecule has 5 unspecified atom stereocenters. The average molecular weight is 550 g/mol. The number of H-pyrrole nitrogens is 1. The Labute approximate surface area is 244 Å². The van der Waals surface area contributed by atoms with E-state index in [1.807, 2.05) is 4.98 Å². The molecule has 0 amide bonds. The van der Waals surface area contributed by atoms with Crippen LogP contribution < -0.4 is 115 Å². The molecule has 2 rings (SSSR count). The van der Waals surface area contributed by atoms with Crippen molar-refractivity contribution in [2.24, 2.45) is 0 Å². The average Bonchev–Trinajstić information content (AvgIpc) is 2.78. The van der Waals surface area contributed by atoms with Crippen molar-refractivity contribution < 1.29 is 150 Å². The van der Waals surface area contributed by atoms with Gasteiger partial charge in [0.1, 0.15) is 18.3 Å². The Morgan fingerprint density at radius 2 is 1.62 bits per heavy atom. The number of rotatable bonds is 8. The van der Waals surface area contributed by atoms with Gasteiger partial charge in [0.2, 0.25) is 0 Å². The van der Waals surface area contributed by atoms with E-state index < -0.39 is 65.9 Å². The van der Waals surface area contributed by atoms with Crippen LogP contribution in [0, 0.1) is 0 Å². The van der Waals surface area contributed by atoms with Crippen molar-refractivity contribution in [1.29, 1.82) is 0 Å². The minimum Gasteiger partial charge on any atom is -0.790 e. The van der Waals surface area contributed by atoms with Crippen LogP contribution in [0.1, 0.15) is 6.23 Å². The Bertz CT molecular complexity index is 1010. The molecule has 0 radical (unpaired) electrons. The van der Waals surface area contributed by atoms with Crippen molar-refractivity contribution >= 4 is 23.5 Å². The number of phosphoric ester groups is 1. The van der Waals surface area contributed by atoms with E-state index in [2.05, 4.69) is 13.1 Å². The van der Waals surface area contributed by atoms with Crippen molar-refractivity contribution in [2.45, 2.75) is 24.5 Å². The Morgan fingerprint density at radius 1 is 1.06 bits per heavy atom. The zero-order chi connectivity index (χ0) is 22.2. The topological polar surface area (TPSA) is 273 Å². The van der Waals surface area contributed by atoms with E-state index >= 15 is 0 Å². The van der Waals surface area contributed by atoms with E-state index in [-0.39, 0.29) is 88.7 Å². The molecule has 0 saturated carbocycles. The summed E-state index contributed by atoms with van der Waals surface area (Å²) in [5.74, 6) is 0. The fourth-order valence-electron chi connectivity index (χ4n) is 2.18. The summed E-state index contributed by atoms with van der Waals surface area (Å²) in [6, 6.07) is 0.903. The number of hydrogen-bond acceptors (Lipinski definition) is 14. The summed E-state index contributed by atoms with van der Waals surface area (Å²) in [6.07, 6.45) is -5.86. The van der Waals surface area contributed by atoms with Crippen molar-refractivity contribution in [1.82, 2.24) is 9.55 Å². The molecule has 32 heavy (non-hydrogen) atoms. The maximum atomic E-state index is 11.7. The molecular formula is C9H12N2Na3O15P3. The molecule has 1 aliphatic heterocycles. The van der Waals surface area contributed by atoms with Gasteiger partial charge in [0.25, 0.3) is 13.4 Å². The van der Waals surface area contributed by atoms with Gasteiger partial charge in [-0.2, -0.15) is 0 Å². The first-order chi connectivity index (χ1) is 13.1. The first-order valence-electron chi connectivity index (χ1n) is 7.16. The molecule has 0 spiro atoms. The predicted molar refractivity (Wildman–Crippen MR) is 80.4 cm³/mol. The number of nitrogens with one attached hydrogen (secondary N) is 1. The van der Waals surface area contributed by atoms with Crippen LogP contribution in [0.5, 0.6) is 0 Å². The maximum Gasteiger partial charge on any atom is 1.00 e. The van der Waals surface area contributed by atoms with Gasteiger partial charge in [0.15, 0.2) is 6.23 Å². The van der Waals surface area contributed by atoms with Gasteiger partial charge in [-0.25, -0.2) is 13.7 Å². The monoisotopic (exact) mass is 550 g/mol. The summed E-state index contributed by atoms with van der Waals surface area (Å²) in [6.45, 7) is -1.10. The first kappa shape index (κ1) is 36.1. The molecule has 23 heteroatoms. The molecule has 1 saturated heterocycles. The molecule has 17 nitrogen and oxygen atoms in total. The Balaban J connectivity index is 0. The van der Waals surface area contributed by atoms with Crippen LogP contribution in [-0.2, 0) is 31.6 Å². The van der Waals surface area contributed by atoms with Crippen LogP contribution in [-0.4, -0.2) is 49.6 Å². The first-order valence-corrected chi connectivity index (χ1v) is 11.6. The number of ether oxygens (including phenoxy) is 1. The second-order valence-corrected chi connectivity index (χ2v) is 9.68. The SMILES string of the molecule is O=c1ccn([C@@H]2OC(COP(=O)(O)OP(=O)([O-])OP(=O)([O-])[O-])C(O)C2O)c(=O)[nH]1.[Na+].[Na+].[Na+]. The van der Waals surface area contributed by atoms with Crippen LogP contribution in [0.4, 0.5) is 0 Å². The molecule has 2 heterocycles. The summed E-state index contributed by atoms with van der Waals surface area (Å²) in [5.41, 5.74) is -1.78. The summed E-state index contributed by atoms with van der Waals surface area (Å²) < 4.78 is 49.4. The Morgan fingerprint density at radius 3 is 2.12 bits per heavy atom. The largest absolute Gasteiger partial charge is 1.00 e. The summed E-state index contributed by atoms with van der Waals surface area (Å²) in [4.78, 5) is 65.5. The van der Waals surface area contributed by atoms with E-state index in [4.69, 9.17) is 4.74 Å². The second-order valence-electron chi connectivity index (χ2n) is 5.39. The number of hydrogen-bond donors (Lipinski definition) is 4. The second kappa shape index (κ2) is 14.1. The summed E-state index contributed by atoms with van der Waals surface area (Å²) in [5, 5.41) is 19.9. The minimum absolute atomic E-state index is 0. The number of aliphatic hydroxyl groups excluding tert-OH is 2. The molecule has 6 atom stereocenters. The van der Waals surface area contributed by atoms with Crippen molar-refractivity contribution in [3.8, 4) is 0 Å². The van der Waals surface area contributed by atoms with Crippen LogP contribution in [0.2, 0.25) is 0 Å². The van der Waals surface area contributed by atoms with Gasteiger partial charge in [-0.05, 0) is 0 Å². The van der Waals surface area contributed by atoms with Crippen LogP contribution in [0.15, 0.2) is 21.9 Å². The zero-order valence-electron chi connectivity index (χ0n) is 16.7. The van der Waals surface area contributed by atoms with Gasteiger partial charge >= 0.3 is 102 Å². The Hall–Kier alpha value is 1.97. The van der Waals surface area contributed by atoms with Gasteiger partial charge in [0, 0.05) is 12.3 Å². The number of aliphatic hydroxyl groups is 2. The Kier molecular flexibility index (Phi) is 15.9. The van der Waals surface area contributed by atoms with Gasteiger partial charge < -0.3 is 39.1 Å². The van der Waals surface area contributed by atoms with E-state index in [0.717, 1.165) is 12.3 Å². The number of aromatic nitrogens is 2. The quantitative estimate of drug-likeness (QED) is 0.173. The van der Waals surface area contributed by atoms with Gasteiger partial charge in [-0.15, -0.1) is 0 Å². The van der Waals surface area contributed by atoms with Crippen molar-refractivity contribution in [3.63, 3.8) is 0 Å². The third-order valence-corrected chi connectivity index (χ3v) is 6.97. The molecule has 0 aliphatic carbocycles. The molecule has 1 aromatic heterocycles. The van der Waals surface area contributed by atoms with E-state index in [0.29, 0.717) is 4.57 Å². The smallest absolute Gasteiger partial charge is 0.790 e. The number of nitrogens with zero attached hydrogens (tertiary/aromatic N) is 1. The van der Waals surface area contributed by atoms with Gasteiger partial charge in [-0.3, -0.25) is 27.7 Å². The minimum atomic E-state index is -6.13. The standard InChI is InChI=1S/C9H15N2O15P3.3Na/c12-5-1-2-11(9(15)10-5)8-7(14)6(13)4(24-8)3-23-28(19,20)26-29(21,22)25-27(16,17)18;;;/h1-2,4,6-8,13-14H,3H2,(H,19,20)(H,21,22)(H,10,12,15)(H2,16,17,18);;;/q;3*+1/p-3/t4?,6?,7?,8-;;;/m1.../s1. The fourth-order valence-corrected chi connectivity index (χ4v) is 5.08. The third-order valence-electron chi connectivity index (χ3n) is 3.27. The normalized spacial score (nSPS) is 26.6. The maximum absolute atomic E-state index is 11.7. The fraction of sp³-hybridized carbons (Fsp3) is 0.556. The predicted octanol–water partition coefficient (Wildman–Crippen LogP) is -13.4. The number of phosphoric acid groups is 3. The third kappa shape index (κ3) is 10.9. The van der Waals surface area contributed by atoms with Crippen LogP contribution in [0.3, 0.4) is 0 Å². The molecule has 1 fully saturated rings. The van der Waals surface area contributed by atoms with E-state index in [1.54, 1.807) is 0 Å². The molecule has 4 N–H and O–H groups in total. The van der Waals surface area contributed by atoms with E-state index in [9.17, 15) is 53.1 Å². The molecule has 0 bridgehead atoms. The molecule has 1 aromatic rings. The number of aromatic amines is 1. The van der Waals surface area contributed by atoms with Gasteiger partial charge in [-0.1, -0.05) is 0 Å². The molecule has 1 aliphatic rings. The van der Waals surface area contributed by atoms with E-state index in [1.165, 1.54) is 0 Å². The van der Waals surface area contributed by atoms with Crippen molar-refractivity contribution in [3.05, 3.63) is 33.1 Å².